The number of ketones is 1. The van der Waals surface area contributed by atoms with Crippen molar-refractivity contribution in [1.29, 1.82) is 0 Å². The smallest absolute Gasteiger partial charge is 0.306 e. The fourth-order valence-corrected chi connectivity index (χ4v) is 3.33. The molecule has 128 valence electrons. The summed E-state index contributed by atoms with van der Waals surface area (Å²) >= 11 is 6.86. The molecular weight excluding hydrogens is 374 g/mol. The zero-order valence-electron chi connectivity index (χ0n) is 12.4. The summed E-state index contributed by atoms with van der Waals surface area (Å²) in [6, 6.07) is 9.08. The number of nitrogens with two attached hydrogens (primary N) is 1. The van der Waals surface area contributed by atoms with Gasteiger partial charge in [-0.1, -0.05) is 23.7 Å². The molecular formula is C15H14ClNO5S2. The van der Waals surface area contributed by atoms with Crippen LogP contribution in [-0.4, -0.2) is 26.8 Å². The largest absolute Gasteiger partial charge is 0.457 e. The Morgan fingerprint density at radius 3 is 2.33 bits per heavy atom. The number of aryl methyl sites for hydroxylation is 1. The Balaban J connectivity index is 1.80. The molecule has 9 heteroatoms. The maximum atomic E-state index is 11.8. The minimum Gasteiger partial charge on any atom is -0.457 e. The normalized spacial score (nSPS) is 11.2. The third-order valence-electron chi connectivity index (χ3n) is 3.08. The first-order chi connectivity index (χ1) is 11.3. The number of carbonyl (C=O) groups is 2. The molecule has 0 saturated heterocycles. The van der Waals surface area contributed by atoms with Crippen molar-refractivity contribution >= 4 is 44.7 Å². The molecule has 6 nitrogen and oxygen atoms in total. The zero-order chi connectivity index (χ0) is 17.7. The monoisotopic (exact) mass is 387 g/mol. The quantitative estimate of drug-likeness (QED) is 0.580. The van der Waals surface area contributed by atoms with Crippen LogP contribution in [0.25, 0.3) is 0 Å². The second kappa shape index (κ2) is 7.89. The highest BCUT2D eigenvalue weighted by atomic mass is 35.5. The second-order valence-electron chi connectivity index (χ2n) is 4.88. The molecule has 0 aliphatic carbocycles. The van der Waals surface area contributed by atoms with E-state index >= 15 is 0 Å². The average Bonchev–Trinajstić information content (AvgIpc) is 2.96. The molecule has 0 saturated carbocycles. The number of thiophene rings is 1. The highest BCUT2D eigenvalue weighted by Crippen LogP contribution is 2.21. The molecule has 0 unspecified atom stereocenters. The van der Waals surface area contributed by atoms with Gasteiger partial charge in [-0.3, -0.25) is 9.59 Å². The molecule has 24 heavy (non-hydrogen) atoms. The van der Waals surface area contributed by atoms with E-state index in [1.807, 2.05) is 0 Å². The van der Waals surface area contributed by atoms with E-state index in [2.05, 4.69) is 0 Å². The lowest BCUT2D eigenvalue weighted by atomic mass is 10.1. The molecule has 2 N–H and O–H groups in total. The van der Waals surface area contributed by atoms with E-state index in [1.54, 1.807) is 24.3 Å². The van der Waals surface area contributed by atoms with Crippen LogP contribution in [0.5, 0.6) is 0 Å². The Kier molecular flexibility index (Phi) is 6.11. The summed E-state index contributed by atoms with van der Waals surface area (Å²) in [5, 5.41) is 5.01. The average molecular weight is 388 g/mol. The molecule has 0 fully saturated rings. The maximum Gasteiger partial charge on any atom is 0.306 e. The molecule has 0 bridgehead atoms. The van der Waals surface area contributed by atoms with E-state index in [1.165, 1.54) is 12.1 Å². The van der Waals surface area contributed by atoms with Crippen molar-refractivity contribution in [1.82, 2.24) is 0 Å². The highest BCUT2D eigenvalue weighted by Gasteiger charge is 2.12. The molecule has 2 aromatic rings. The fourth-order valence-electron chi connectivity index (χ4n) is 1.85. The number of halogens is 1. The van der Waals surface area contributed by atoms with Gasteiger partial charge in [0.2, 0.25) is 15.8 Å². The van der Waals surface area contributed by atoms with Gasteiger partial charge in [-0.25, -0.2) is 13.6 Å². The van der Waals surface area contributed by atoms with Gasteiger partial charge in [0.15, 0.2) is 6.61 Å². The minimum atomic E-state index is -3.73. The van der Waals surface area contributed by atoms with Crippen molar-refractivity contribution in [2.24, 2.45) is 5.14 Å². The Morgan fingerprint density at radius 1 is 1.12 bits per heavy atom. The molecule has 0 amide bonds. The first kappa shape index (κ1) is 18.6. The van der Waals surface area contributed by atoms with Crippen LogP contribution in [0.3, 0.4) is 0 Å². The van der Waals surface area contributed by atoms with Gasteiger partial charge in [-0.05, 0) is 36.2 Å². The van der Waals surface area contributed by atoms with Crippen LogP contribution >= 0.6 is 22.9 Å². The fraction of sp³-hybridized carbons (Fsp3) is 0.200. The molecule has 0 atom stereocenters. The molecule has 1 aromatic carbocycles. The summed E-state index contributed by atoms with van der Waals surface area (Å²) in [6.07, 6.45) is 0.440. The van der Waals surface area contributed by atoms with Gasteiger partial charge in [0.25, 0.3) is 0 Å². The first-order valence-corrected chi connectivity index (χ1v) is 9.55. The van der Waals surface area contributed by atoms with Crippen LogP contribution in [0.4, 0.5) is 0 Å². The van der Waals surface area contributed by atoms with Crippen LogP contribution in [0.15, 0.2) is 41.3 Å². The summed E-state index contributed by atoms with van der Waals surface area (Å²) in [4.78, 5) is 23.9. The first-order valence-electron chi connectivity index (χ1n) is 6.81. The SMILES string of the molecule is NS(=O)(=O)c1ccc(CCC(=O)OCC(=O)c2ccc(Cl)s2)cc1. The van der Waals surface area contributed by atoms with Crippen LogP contribution in [0.1, 0.15) is 21.7 Å². The summed E-state index contributed by atoms with van der Waals surface area (Å²) in [5.74, 6) is -0.820. The van der Waals surface area contributed by atoms with Gasteiger partial charge in [0, 0.05) is 6.42 Å². The van der Waals surface area contributed by atoms with E-state index in [0.29, 0.717) is 15.6 Å². The number of rotatable bonds is 7. The third kappa shape index (κ3) is 5.41. The van der Waals surface area contributed by atoms with E-state index in [4.69, 9.17) is 21.5 Å². The molecule has 0 aliphatic rings. The van der Waals surface area contributed by atoms with E-state index in [-0.39, 0.29) is 23.7 Å². The van der Waals surface area contributed by atoms with E-state index in [9.17, 15) is 18.0 Å². The highest BCUT2D eigenvalue weighted by molar-refractivity contribution is 7.89. The van der Waals surface area contributed by atoms with Gasteiger partial charge in [-0.2, -0.15) is 0 Å². The van der Waals surface area contributed by atoms with Crippen molar-refractivity contribution in [3.63, 3.8) is 0 Å². The lowest BCUT2D eigenvalue weighted by Gasteiger charge is -2.04. The predicted octanol–water partition coefficient (Wildman–Crippen LogP) is 2.41. The van der Waals surface area contributed by atoms with Gasteiger partial charge in [-0.15, -0.1) is 11.3 Å². The van der Waals surface area contributed by atoms with Crippen molar-refractivity contribution in [2.45, 2.75) is 17.7 Å². The number of hydrogen-bond donors (Lipinski definition) is 1. The molecule has 1 aromatic heterocycles. The number of Topliss-reactive ketones (excluding diaryl/α,β-unsaturated/α-hetero) is 1. The van der Waals surface area contributed by atoms with Gasteiger partial charge >= 0.3 is 5.97 Å². The third-order valence-corrected chi connectivity index (χ3v) is 5.28. The number of primary sulfonamides is 1. The van der Waals surface area contributed by atoms with Crippen LogP contribution in [-0.2, 0) is 26.0 Å². The molecule has 0 spiro atoms. The number of hydrogen-bond acceptors (Lipinski definition) is 6. The Bertz CT molecular complexity index is 843. The van der Waals surface area contributed by atoms with Gasteiger partial charge < -0.3 is 4.74 Å². The summed E-state index contributed by atoms with van der Waals surface area (Å²) in [5.41, 5.74) is 0.760. The Hall–Kier alpha value is -1.74. The van der Waals surface area contributed by atoms with Gasteiger partial charge in [0.1, 0.15) is 0 Å². The van der Waals surface area contributed by atoms with Crippen LogP contribution < -0.4 is 5.14 Å². The summed E-state index contributed by atoms with van der Waals surface area (Å²) < 4.78 is 27.7. The molecule has 0 aliphatic heterocycles. The molecule has 2 rings (SSSR count). The van der Waals surface area contributed by atoms with Crippen molar-refractivity contribution in [3.8, 4) is 0 Å². The summed E-state index contributed by atoms with van der Waals surface area (Å²) in [6.45, 7) is -0.333. The number of benzene rings is 1. The van der Waals surface area contributed by atoms with Crippen molar-refractivity contribution in [2.75, 3.05) is 6.61 Å². The van der Waals surface area contributed by atoms with Crippen LogP contribution in [0, 0.1) is 0 Å². The van der Waals surface area contributed by atoms with E-state index in [0.717, 1.165) is 16.9 Å². The predicted molar refractivity (Wildman–Crippen MR) is 90.8 cm³/mol. The van der Waals surface area contributed by atoms with Gasteiger partial charge in [0.05, 0.1) is 14.1 Å². The Labute approximate surface area is 148 Å². The minimum absolute atomic E-state index is 0.00836. The number of carbonyl (C=O) groups excluding carboxylic acids is 2. The standard InChI is InChI=1S/C15H14ClNO5S2/c16-14-7-6-13(23-14)12(18)9-22-15(19)8-3-10-1-4-11(5-2-10)24(17,20)21/h1-2,4-7H,3,8-9H2,(H2,17,20,21). The number of esters is 1. The second-order valence-corrected chi connectivity index (χ2v) is 8.15. The maximum absolute atomic E-state index is 11.8. The lowest BCUT2D eigenvalue weighted by Crippen LogP contribution is -2.14. The molecule has 0 radical (unpaired) electrons. The number of ether oxygens (including phenoxy) is 1. The zero-order valence-corrected chi connectivity index (χ0v) is 14.8. The van der Waals surface area contributed by atoms with E-state index < -0.39 is 16.0 Å². The lowest BCUT2D eigenvalue weighted by molar-refractivity contribution is -0.142. The van der Waals surface area contributed by atoms with Crippen molar-refractivity contribution < 1.29 is 22.7 Å². The topological polar surface area (TPSA) is 104 Å². The van der Waals surface area contributed by atoms with Crippen molar-refractivity contribution in [3.05, 3.63) is 51.2 Å². The number of sulfonamides is 1. The van der Waals surface area contributed by atoms with Crippen LogP contribution in [0.2, 0.25) is 4.34 Å². The summed E-state index contributed by atoms with van der Waals surface area (Å²) in [7, 11) is -3.73. The molecule has 1 heterocycles. The Morgan fingerprint density at radius 2 is 1.79 bits per heavy atom.